The lowest BCUT2D eigenvalue weighted by atomic mass is 9.84. The maximum atomic E-state index is 13.3. The van der Waals surface area contributed by atoms with Gasteiger partial charge in [-0.25, -0.2) is 4.39 Å². The van der Waals surface area contributed by atoms with Crippen LogP contribution in [-0.2, 0) is 10.2 Å². The molecule has 1 amide bonds. The minimum Gasteiger partial charge on any atom is -0.355 e. The van der Waals surface area contributed by atoms with E-state index >= 15 is 0 Å². The molecule has 0 heterocycles. The average molecular weight is 278 g/mol. The van der Waals surface area contributed by atoms with Gasteiger partial charge in [0.2, 0.25) is 5.91 Å². The lowest BCUT2D eigenvalue weighted by molar-refractivity contribution is -0.125. The number of halogens is 1. The van der Waals surface area contributed by atoms with Crippen molar-refractivity contribution in [3.63, 3.8) is 0 Å². The van der Waals surface area contributed by atoms with E-state index in [1.54, 1.807) is 6.07 Å². The lowest BCUT2D eigenvalue weighted by Gasteiger charge is -2.26. The van der Waals surface area contributed by atoms with Crippen LogP contribution in [0, 0.1) is 11.7 Å². The van der Waals surface area contributed by atoms with Crippen molar-refractivity contribution >= 4 is 5.91 Å². The second-order valence-electron chi connectivity index (χ2n) is 6.38. The molecule has 1 aliphatic carbocycles. The minimum absolute atomic E-state index is 0.0355. The molecule has 0 spiro atoms. The van der Waals surface area contributed by atoms with E-state index in [0.717, 1.165) is 24.8 Å². The van der Waals surface area contributed by atoms with Crippen LogP contribution in [0.5, 0.6) is 0 Å². The highest BCUT2D eigenvalue weighted by atomic mass is 19.1. The second-order valence-corrected chi connectivity index (χ2v) is 6.38. The van der Waals surface area contributed by atoms with E-state index in [1.165, 1.54) is 12.1 Å². The monoisotopic (exact) mass is 278 g/mol. The Morgan fingerprint density at radius 3 is 2.80 bits per heavy atom. The van der Waals surface area contributed by atoms with Crippen LogP contribution in [0.2, 0.25) is 0 Å². The van der Waals surface area contributed by atoms with Crippen molar-refractivity contribution in [1.82, 2.24) is 5.32 Å². The molecule has 1 aliphatic rings. The van der Waals surface area contributed by atoms with E-state index in [-0.39, 0.29) is 29.1 Å². The molecule has 0 aromatic heterocycles. The minimum atomic E-state index is -0.293. The molecule has 4 heteroatoms. The molecule has 2 atom stereocenters. The van der Waals surface area contributed by atoms with Gasteiger partial charge in [-0.2, -0.15) is 0 Å². The highest BCUT2D eigenvalue weighted by Gasteiger charge is 2.29. The van der Waals surface area contributed by atoms with Crippen molar-refractivity contribution in [2.75, 3.05) is 6.54 Å². The first-order valence-electron chi connectivity index (χ1n) is 7.18. The molecule has 2 unspecified atom stereocenters. The van der Waals surface area contributed by atoms with Crippen molar-refractivity contribution < 1.29 is 9.18 Å². The SMILES string of the molecule is CC(C)(CNC(=O)C1CCC(N)C1)c1cccc(F)c1. The van der Waals surface area contributed by atoms with Crippen LogP contribution < -0.4 is 11.1 Å². The number of benzene rings is 1. The van der Waals surface area contributed by atoms with E-state index in [1.807, 2.05) is 19.9 Å². The molecule has 3 N–H and O–H groups in total. The highest BCUT2D eigenvalue weighted by Crippen LogP contribution is 2.26. The number of hydrogen-bond donors (Lipinski definition) is 2. The zero-order valence-electron chi connectivity index (χ0n) is 12.2. The van der Waals surface area contributed by atoms with Crippen molar-refractivity contribution in [2.45, 2.75) is 44.6 Å². The fourth-order valence-electron chi connectivity index (χ4n) is 2.72. The fourth-order valence-corrected chi connectivity index (χ4v) is 2.72. The third kappa shape index (κ3) is 3.57. The van der Waals surface area contributed by atoms with Crippen LogP contribution in [0.4, 0.5) is 4.39 Å². The summed E-state index contributed by atoms with van der Waals surface area (Å²) in [6.45, 7) is 4.51. The van der Waals surface area contributed by atoms with Crippen LogP contribution >= 0.6 is 0 Å². The van der Waals surface area contributed by atoms with Gasteiger partial charge in [0.15, 0.2) is 0 Å². The van der Waals surface area contributed by atoms with Crippen molar-refractivity contribution in [2.24, 2.45) is 11.7 Å². The fraction of sp³-hybridized carbons (Fsp3) is 0.562. The maximum absolute atomic E-state index is 13.3. The third-order valence-electron chi connectivity index (χ3n) is 4.15. The number of amides is 1. The summed E-state index contributed by atoms with van der Waals surface area (Å²) in [6, 6.07) is 6.70. The summed E-state index contributed by atoms with van der Waals surface area (Å²) in [5.74, 6) is -0.139. The van der Waals surface area contributed by atoms with Gasteiger partial charge in [0.1, 0.15) is 5.82 Å². The number of rotatable bonds is 4. The Labute approximate surface area is 119 Å². The van der Waals surface area contributed by atoms with Gasteiger partial charge in [-0.05, 0) is 37.0 Å². The highest BCUT2D eigenvalue weighted by molar-refractivity contribution is 5.79. The van der Waals surface area contributed by atoms with Gasteiger partial charge in [0.05, 0.1) is 0 Å². The molecule has 0 aliphatic heterocycles. The van der Waals surface area contributed by atoms with E-state index < -0.39 is 0 Å². The zero-order valence-corrected chi connectivity index (χ0v) is 12.2. The first-order valence-corrected chi connectivity index (χ1v) is 7.18. The number of carbonyl (C=O) groups excluding carboxylic acids is 1. The molecule has 0 radical (unpaired) electrons. The normalized spacial score (nSPS) is 22.8. The largest absolute Gasteiger partial charge is 0.355 e. The standard InChI is InChI=1S/C16H23FN2O/c1-16(2,12-4-3-5-13(17)9-12)10-19-15(20)11-6-7-14(18)8-11/h3-5,9,11,14H,6-8,10,18H2,1-2H3,(H,19,20). The predicted molar refractivity (Wildman–Crippen MR) is 77.8 cm³/mol. The molecule has 0 saturated heterocycles. The maximum Gasteiger partial charge on any atom is 0.223 e. The van der Waals surface area contributed by atoms with Gasteiger partial charge in [-0.3, -0.25) is 4.79 Å². The first-order chi connectivity index (χ1) is 9.38. The topological polar surface area (TPSA) is 55.1 Å². The van der Waals surface area contributed by atoms with Crippen LogP contribution in [0.25, 0.3) is 0 Å². The molecular weight excluding hydrogens is 255 g/mol. The second kappa shape index (κ2) is 5.92. The summed E-state index contributed by atoms with van der Waals surface area (Å²) < 4.78 is 13.3. The van der Waals surface area contributed by atoms with Gasteiger partial charge in [-0.1, -0.05) is 26.0 Å². The number of hydrogen-bond acceptors (Lipinski definition) is 2. The lowest BCUT2D eigenvalue weighted by Crippen LogP contribution is -2.39. The Morgan fingerprint density at radius 2 is 2.20 bits per heavy atom. The number of nitrogens with two attached hydrogens (primary N) is 1. The van der Waals surface area contributed by atoms with Crippen LogP contribution in [0.1, 0.15) is 38.7 Å². The molecule has 1 aromatic rings. The van der Waals surface area contributed by atoms with E-state index in [2.05, 4.69) is 5.32 Å². The van der Waals surface area contributed by atoms with Crippen molar-refractivity contribution in [3.8, 4) is 0 Å². The molecule has 0 bridgehead atoms. The van der Waals surface area contributed by atoms with Crippen LogP contribution in [0.15, 0.2) is 24.3 Å². The van der Waals surface area contributed by atoms with Crippen molar-refractivity contribution in [1.29, 1.82) is 0 Å². The van der Waals surface area contributed by atoms with Crippen LogP contribution in [-0.4, -0.2) is 18.5 Å². The summed E-state index contributed by atoms with van der Waals surface area (Å²) in [5, 5.41) is 2.99. The summed E-state index contributed by atoms with van der Waals surface area (Å²) >= 11 is 0. The summed E-state index contributed by atoms with van der Waals surface area (Å²) in [4.78, 5) is 12.1. The first kappa shape index (κ1) is 15.0. The van der Waals surface area contributed by atoms with E-state index in [4.69, 9.17) is 5.73 Å². The number of nitrogens with one attached hydrogen (secondary N) is 1. The van der Waals surface area contributed by atoms with Crippen molar-refractivity contribution in [3.05, 3.63) is 35.6 Å². The summed E-state index contributed by atoms with van der Waals surface area (Å²) in [7, 11) is 0. The van der Waals surface area contributed by atoms with Gasteiger partial charge >= 0.3 is 0 Å². The smallest absolute Gasteiger partial charge is 0.223 e. The van der Waals surface area contributed by atoms with Gasteiger partial charge in [0, 0.05) is 23.9 Å². The van der Waals surface area contributed by atoms with Gasteiger partial charge < -0.3 is 11.1 Å². The Hall–Kier alpha value is -1.42. The number of carbonyl (C=O) groups is 1. The quantitative estimate of drug-likeness (QED) is 0.888. The average Bonchev–Trinajstić information content (AvgIpc) is 2.83. The van der Waals surface area contributed by atoms with Gasteiger partial charge in [-0.15, -0.1) is 0 Å². The van der Waals surface area contributed by atoms with Gasteiger partial charge in [0.25, 0.3) is 0 Å². The van der Waals surface area contributed by atoms with E-state index in [9.17, 15) is 9.18 Å². The molecule has 3 nitrogen and oxygen atoms in total. The molecule has 20 heavy (non-hydrogen) atoms. The molecular formula is C16H23FN2O. The third-order valence-corrected chi connectivity index (χ3v) is 4.15. The molecule has 110 valence electrons. The summed E-state index contributed by atoms with van der Waals surface area (Å²) in [5.41, 5.74) is 6.43. The molecule has 2 rings (SSSR count). The molecule has 1 saturated carbocycles. The zero-order chi connectivity index (χ0) is 14.8. The Balaban J connectivity index is 1.93. The molecule has 1 aromatic carbocycles. The summed E-state index contributed by atoms with van der Waals surface area (Å²) in [6.07, 6.45) is 2.56. The Bertz CT molecular complexity index is 487. The predicted octanol–water partition coefficient (Wildman–Crippen LogP) is 2.35. The Morgan fingerprint density at radius 1 is 1.45 bits per heavy atom. The van der Waals surface area contributed by atoms with Crippen LogP contribution in [0.3, 0.4) is 0 Å². The van der Waals surface area contributed by atoms with E-state index in [0.29, 0.717) is 6.54 Å². The Kier molecular flexibility index (Phi) is 4.43. The molecule has 1 fully saturated rings.